The number of halogens is 2. The van der Waals surface area contributed by atoms with E-state index < -0.39 is 0 Å². The lowest BCUT2D eigenvalue weighted by Gasteiger charge is -2.20. The van der Waals surface area contributed by atoms with Crippen molar-refractivity contribution in [1.82, 2.24) is 0 Å². The molecule has 1 aliphatic rings. The largest absolute Gasteiger partial charge is 0.327 e. The molecule has 0 aliphatic heterocycles. The van der Waals surface area contributed by atoms with E-state index in [4.69, 9.17) is 28.9 Å². The van der Waals surface area contributed by atoms with E-state index in [-0.39, 0.29) is 11.5 Å². The summed E-state index contributed by atoms with van der Waals surface area (Å²) in [6.45, 7) is 2.07. The summed E-state index contributed by atoms with van der Waals surface area (Å²) in [5.41, 5.74) is 7.39. The smallest absolute Gasteiger partial charge is 0.0624 e. The zero-order valence-electron chi connectivity index (χ0n) is 8.76. The summed E-state index contributed by atoms with van der Waals surface area (Å²) < 4.78 is 0. The minimum Gasteiger partial charge on any atom is -0.327 e. The third kappa shape index (κ3) is 2.15. The molecule has 1 unspecified atom stereocenters. The average Bonchev–Trinajstić information content (AvgIpc) is 2.94. The summed E-state index contributed by atoms with van der Waals surface area (Å²) in [4.78, 5) is 0. The van der Waals surface area contributed by atoms with Crippen LogP contribution in [0.15, 0.2) is 18.2 Å². The molecule has 1 fully saturated rings. The monoisotopic (exact) mass is 243 g/mol. The Kier molecular flexibility index (Phi) is 2.98. The van der Waals surface area contributed by atoms with Crippen LogP contribution < -0.4 is 5.73 Å². The van der Waals surface area contributed by atoms with E-state index in [1.165, 1.54) is 12.8 Å². The first-order valence-corrected chi connectivity index (χ1v) is 5.99. The Morgan fingerprint density at radius 2 is 2.07 bits per heavy atom. The molecule has 0 radical (unpaired) electrons. The van der Waals surface area contributed by atoms with Crippen LogP contribution in [-0.2, 0) is 6.42 Å². The van der Waals surface area contributed by atoms with E-state index in [1.54, 1.807) is 0 Å². The highest BCUT2D eigenvalue weighted by atomic mass is 35.5. The molecule has 1 aliphatic carbocycles. The van der Waals surface area contributed by atoms with Gasteiger partial charge in [0.25, 0.3) is 0 Å². The van der Waals surface area contributed by atoms with E-state index in [0.717, 1.165) is 12.0 Å². The summed E-state index contributed by atoms with van der Waals surface area (Å²) in [7, 11) is 0. The van der Waals surface area contributed by atoms with Crippen LogP contribution in [0, 0.1) is 5.41 Å². The van der Waals surface area contributed by atoms with E-state index in [0.29, 0.717) is 10.0 Å². The summed E-state index contributed by atoms with van der Waals surface area (Å²) in [6.07, 6.45) is 3.35. The Labute approximate surface area is 101 Å². The van der Waals surface area contributed by atoms with Crippen LogP contribution in [0.5, 0.6) is 0 Å². The quantitative estimate of drug-likeness (QED) is 0.862. The van der Waals surface area contributed by atoms with Crippen molar-refractivity contribution < 1.29 is 0 Å². The van der Waals surface area contributed by atoms with Crippen LogP contribution in [0.1, 0.15) is 25.3 Å². The van der Waals surface area contributed by atoms with E-state index in [2.05, 4.69) is 6.92 Å². The third-order valence-corrected chi connectivity index (χ3v) is 4.29. The molecule has 0 heterocycles. The third-order valence-electron chi connectivity index (χ3n) is 3.43. The normalized spacial score (nSPS) is 20.0. The van der Waals surface area contributed by atoms with Gasteiger partial charge in [0.15, 0.2) is 0 Å². The predicted molar refractivity (Wildman–Crippen MR) is 65.5 cm³/mol. The van der Waals surface area contributed by atoms with Gasteiger partial charge in [-0.25, -0.2) is 0 Å². The van der Waals surface area contributed by atoms with Crippen molar-refractivity contribution in [3.05, 3.63) is 33.8 Å². The van der Waals surface area contributed by atoms with Crippen molar-refractivity contribution in [2.75, 3.05) is 0 Å². The Hall–Kier alpha value is -0.240. The lowest BCUT2D eigenvalue weighted by molar-refractivity contribution is 0.419. The molecule has 2 N–H and O–H groups in total. The molecule has 0 amide bonds. The Morgan fingerprint density at radius 1 is 1.40 bits per heavy atom. The van der Waals surface area contributed by atoms with Crippen molar-refractivity contribution in [2.45, 2.75) is 32.2 Å². The zero-order chi connectivity index (χ0) is 11.1. The first-order valence-electron chi connectivity index (χ1n) is 5.24. The van der Waals surface area contributed by atoms with Gasteiger partial charge in [-0.1, -0.05) is 35.3 Å². The molecule has 15 heavy (non-hydrogen) atoms. The van der Waals surface area contributed by atoms with Crippen molar-refractivity contribution >= 4 is 23.2 Å². The number of rotatable bonds is 3. The topological polar surface area (TPSA) is 26.0 Å². The Bertz CT molecular complexity index is 370. The van der Waals surface area contributed by atoms with Gasteiger partial charge in [-0.15, -0.1) is 0 Å². The van der Waals surface area contributed by atoms with Crippen LogP contribution in [0.25, 0.3) is 0 Å². The maximum atomic E-state index is 6.16. The average molecular weight is 244 g/mol. The molecule has 1 atom stereocenters. The van der Waals surface area contributed by atoms with Crippen molar-refractivity contribution in [3.63, 3.8) is 0 Å². The second-order valence-electron chi connectivity index (χ2n) is 4.54. The molecule has 0 bridgehead atoms. The van der Waals surface area contributed by atoms with Gasteiger partial charge in [-0.3, -0.25) is 0 Å². The predicted octanol–water partition coefficient (Wildman–Crippen LogP) is 3.66. The Morgan fingerprint density at radius 3 is 2.60 bits per heavy atom. The highest BCUT2D eigenvalue weighted by molar-refractivity contribution is 6.42. The highest BCUT2D eigenvalue weighted by Gasteiger charge is 2.45. The lowest BCUT2D eigenvalue weighted by atomic mass is 9.90. The lowest BCUT2D eigenvalue weighted by Crippen LogP contribution is -2.29. The van der Waals surface area contributed by atoms with E-state index in [9.17, 15) is 0 Å². The van der Waals surface area contributed by atoms with Gasteiger partial charge in [-0.05, 0) is 43.2 Å². The van der Waals surface area contributed by atoms with Crippen LogP contribution in [0.4, 0.5) is 0 Å². The van der Waals surface area contributed by atoms with Crippen LogP contribution in [-0.4, -0.2) is 6.04 Å². The van der Waals surface area contributed by atoms with Gasteiger partial charge in [0, 0.05) is 6.04 Å². The zero-order valence-corrected chi connectivity index (χ0v) is 10.3. The van der Waals surface area contributed by atoms with E-state index in [1.807, 2.05) is 18.2 Å². The maximum Gasteiger partial charge on any atom is 0.0624 e. The van der Waals surface area contributed by atoms with Gasteiger partial charge in [0.05, 0.1) is 10.0 Å². The fourth-order valence-electron chi connectivity index (χ4n) is 2.02. The van der Waals surface area contributed by atoms with Crippen molar-refractivity contribution in [3.8, 4) is 0 Å². The number of benzene rings is 1. The molecular weight excluding hydrogens is 229 g/mol. The second-order valence-corrected chi connectivity index (χ2v) is 5.33. The van der Waals surface area contributed by atoms with Gasteiger partial charge < -0.3 is 5.73 Å². The molecule has 1 nitrogen and oxygen atoms in total. The molecule has 3 heteroatoms. The molecule has 1 aromatic rings. The maximum absolute atomic E-state index is 6.16. The second kappa shape index (κ2) is 3.97. The molecular formula is C12H15Cl2N. The summed E-state index contributed by atoms with van der Waals surface area (Å²) in [5.74, 6) is 0. The highest BCUT2D eigenvalue weighted by Crippen LogP contribution is 2.51. The molecule has 0 aromatic heterocycles. The van der Waals surface area contributed by atoms with Crippen LogP contribution >= 0.6 is 23.2 Å². The fourth-order valence-corrected chi connectivity index (χ4v) is 2.40. The molecule has 0 spiro atoms. The van der Waals surface area contributed by atoms with Gasteiger partial charge in [0.2, 0.25) is 0 Å². The van der Waals surface area contributed by atoms with Gasteiger partial charge >= 0.3 is 0 Å². The van der Waals surface area contributed by atoms with E-state index >= 15 is 0 Å². The summed E-state index contributed by atoms with van der Waals surface area (Å²) in [6, 6.07) is 6.03. The number of hydrogen-bond donors (Lipinski definition) is 1. The van der Waals surface area contributed by atoms with Crippen LogP contribution in [0.3, 0.4) is 0 Å². The molecule has 82 valence electrons. The molecule has 0 saturated heterocycles. The number of nitrogens with two attached hydrogens (primary N) is 1. The first-order chi connectivity index (χ1) is 7.05. The summed E-state index contributed by atoms with van der Waals surface area (Å²) in [5, 5.41) is 1.32. The van der Waals surface area contributed by atoms with Crippen molar-refractivity contribution in [2.24, 2.45) is 11.1 Å². The minimum absolute atomic E-state index is 0.229. The molecule has 1 saturated carbocycles. The fraction of sp³-hybridized carbons (Fsp3) is 0.500. The number of hydrogen-bond acceptors (Lipinski definition) is 1. The van der Waals surface area contributed by atoms with Crippen molar-refractivity contribution in [1.29, 1.82) is 0 Å². The SMILES string of the molecule is CC(N)C1(Cc2cccc(Cl)c2Cl)CC1. The minimum atomic E-state index is 0.229. The first kappa shape index (κ1) is 11.3. The Balaban J connectivity index is 2.22. The molecule has 2 rings (SSSR count). The van der Waals surface area contributed by atoms with Gasteiger partial charge in [-0.2, -0.15) is 0 Å². The summed E-state index contributed by atoms with van der Waals surface area (Å²) >= 11 is 12.1. The molecule has 1 aromatic carbocycles. The van der Waals surface area contributed by atoms with Gasteiger partial charge in [0.1, 0.15) is 0 Å². The standard InChI is InChI=1S/C12H15Cl2N/c1-8(15)12(5-6-12)7-9-3-2-4-10(13)11(9)14/h2-4,8H,5-7,15H2,1H3. The van der Waals surface area contributed by atoms with Crippen LogP contribution in [0.2, 0.25) is 10.0 Å².